The zero-order valence-corrected chi connectivity index (χ0v) is 13.4. The molecule has 23 heavy (non-hydrogen) atoms. The first-order chi connectivity index (χ1) is 10.9. The van der Waals surface area contributed by atoms with Crippen LogP contribution in [0.2, 0.25) is 0 Å². The maximum absolute atomic E-state index is 11.7. The lowest BCUT2D eigenvalue weighted by Gasteiger charge is -2.20. The van der Waals surface area contributed by atoms with Crippen molar-refractivity contribution >= 4 is 16.9 Å². The van der Waals surface area contributed by atoms with Crippen LogP contribution in [-0.4, -0.2) is 21.0 Å². The first-order valence-corrected chi connectivity index (χ1v) is 7.45. The number of nitrogens with zero attached hydrogens (tertiary/aromatic N) is 2. The first kappa shape index (κ1) is 15.2. The topological polar surface area (TPSA) is 63.1 Å². The summed E-state index contributed by atoms with van der Waals surface area (Å²) >= 11 is 0. The lowest BCUT2D eigenvalue weighted by atomic mass is 9.86. The van der Waals surface area contributed by atoms with Crippen molar-refractivity contribution in [1.82, 2.24) is 9.97 Å². The summed E-state index contributed by atoms with van der Waals surface area (Å²) in [6.07, 6.45) is 3.34. The van der Waals surface area contributed by atoms with Gasteiger partial charge >= 0.3 is 5.97 Å². The minimum atomic E-state index is -0.946. The highest BCUT2D eigenvalue weighted by atomic mass is 16.4. The van der Waals surface area contributed by atoms with E-state index in [9.17, 15) is 9.90 Å². The number of hydrogen-bond donors (Lipinski definition) is 1. The largest absolute Gasteiger partial charge is 0.478 e. The maximum Gasteiger partial charge on any atom is 0.336 e. The van der Waals surface area contributed by atoms with Crippen LogP contribution in [0, 0.1) is 0 Å². The summed E-state index contributed by atoms with van der Waals surface area (Å²) in [6.45, 7) is 6.31. The molecular weight excluding hydrogens is 288 g/mol. The third kappa shape index (κ3) is 2.93. The Morgan fingerprint density at radius 2 is 1.74 bits per heavy atom. The number of aromatic nitrogens is 2. The van der Waals surface area contributed by atoms with Gasteiger partial charge in [-0.3, -0.25) is 4.98 Å². The molecule has 1 N–H and O–H groups in total. The van der Waals surface area contributed by atoms with Gasteiger partial charge in [0.25, 0.3) is 0 Å². The molecule has 0 aliphatic rings. The third-order valence-electron chi connectivity index (χ3n) is 3.88. The molecule has 0 saturated heterocycles. The summed E-state index contributed by atoms with van der Waals surface area (Å²) in [5.41, 5.74) is 3.49. The Kier molecular flexibility index (Phi) is 3.60. The van der Waals surface area contributed by atoms with Crippen molar-refractivity contribution in [1.29, 1.82) is 0 Å². The SMILES string of the molecule is CC(C)(C)c1ccc2nc(-c3ccncc3)cc(C(=O)O)c2c1. The number of aromatic carboxylic acids is 1. The summed E-state index contributed by atoms with van der Waals surface area (Å²) < 4.78 is 0. The van der Waals surface area contributed by atoms with Gasteiger partial charge < -0.3 is 5.11 Å². The Hall–Kier alpha value is -2.75. The van der Waals surface area contributed by atoms with Crippen LogP contribution in [-0.2, 0) is 5.41 Å². The summed E-state index contributed by atoms with van der Waals surface area (Å²) in [6, 6.07) is 11.1. The van der Waals surface area contributed by atoms with E-state index in [0.717, 1.165) is 11.1 Å². The number of pyridine rings is 2. The van der Waals surface area contributed by atoms with Crippen molar-refractivity contribution < 1.29 is 9.90 Å². The van der Waals surface area contributed by atoms with E-state index < -0.39 is 5.97 Å². The standard InChI is InChI=1S/C19H18N2O2/c1-19(2,3)13-4-5-16-14(10-13)15(18(22)23)11-17(21-16)12-6-8-20-9-7-12/h4-11H,1-3H3,(H,22,23). The van der Waals surface area contributed by atoms with E-state index in [1.807, 2.05) is 30.3 Å². The molecule has 0 fully saturated rings. The molecule has 0 radical (unpaired) electrons. The van der Waals surface area contributed by atoms with Gasteiger partial charge in [-0.2, -0.15) is 0 Å². The van der Waals surface area contributed by atoms with Crippen LogP contribution in [0.3, 0.4) is 0 Å². The lowest BCUT2D eigenvalue weighted by molar-refractivity contribution is 0.0699. The molecule has 4 heteroatoms. The van der Waals surface area contributed by atoms with Crippen LogP contribution in [0.15, 0.2) is 48.8 Å². The molecule has 0 bridgehead atoms. The smallest absolute Gasteiger partial charge is 0.336 e. The molecule has 0 aliphatic carbocycles. The van der Waals surface area contributed by atoms with Crippen molar-refractivity contribution in [3.63, 3.8) is 0 Å². The molecule has 0 spiro atoms. The summed E-state index contributed by atoms with van der Waals surface area (Å²) in [5, 5.41) is 10.3. The Bertz CT molecular complexity index is 881. The zero-order chi connectivity index (χ0) is 16.6. The number of carboxylic acid groups (broad SMARTS) is 1. The number of fused-ring (bicyclic) bond motifs is 1. The van der Waals surface area contributed by atoms with Gasteiger partial charge in [-0.15, -0.1) is 0 Å². The van der Waals surface area contributed by atoms with E-state index in [0.29, 0.717) is 16.6 Å². The lowest BCUT2D eigenvalue weighted by Crippen LogP contribution is -2.11. The predicted molar refractivity (Wildman–Crippen MR) is 90.6 cm³/mol. The van der Waals surface area contributed by atoms with Gasteiger partial charge in [-0.1, -0.05) is 26.8 Å². The fourth-order valence-corrected chi connectivity index (χ4v) is 2.54. The van der Waals surface area contributed by atoms with E-state index in [1.54, 1.807) is 18.5 Å². The molecule has 3 aromatic rings. The number of hydrogen-bond acceptors (Lipinski definition) is 3. The van der Waals surface area contributed by atoms with E-state index in [4.69, 9.17) is 0 Å². The Morgan fingerprint density at radius 3 is 2.35 bits per heavy atom. The highest BCUT2D eigenvalue weighted by molar-refractivity contribution is 6.04. The number of rotatable bonds is 2. The molecular formula is C19H18N2O2. The maximum atomic E-state index is 11.7. The Labute approximate surface area is 134 Å². The molecule has 0 saturated carbocycles. The van der Waals surface area contributed by atoms with Crippen molar-refractivity contribution in [3.05, 3.63) is 59.9 Å². The number of carbonyl (C=O) groups is 1. The number of carboxylic acids is 1. The molecule has 3 rings (SSSR count). The molecule has 116 valence electrons. The summed E-state index contributed by atoms with van der Waals surface area (Å²) in [5.74, 6) is -0.946. The summed E-state index contributed by atoms with van der Waals surface area (Å²) in [4.78, 5) is 20.3. The Balaban J connectivity index is 2.28. The third-order valence-corrected chi connectivity index (χ3v) is 3.88. The first-order valence-electron chi connectivity index (χ1n) is 7.45. The monoisotopic (exact) mass is 306 g/mol. The van der Waals surface area contributed by atoms with Gasteiger partial charge in [0, 0.05) is 23.3 Å². The average Bonchev–Trinajstić information content (AvgIpc) is 2.53. The minimum absolute atomic E-state index is 0.0479. The van der Waals surface area contributed by atoms with E-state index in [1.165, 1.54) is 0 Å². The van der Waals surface area contributed by atoms with E-state index in [-0.39, 0.29) is 11.0 Å². The highest BCUT2D eigenvalue weighted by Gasteiger charge is 2.18. The minimum Gasteiger partial charge on any atom is -0.478 e. The molecule has 0 atom stereocenters. The normalized spacial score (nSPS) is 11.6. The second kappa shape index (κ2) is 5.47. The molecule has 2 aromatic heterocycles. The molecule has 0 aliphatic heterocycles. The van der Waals surface area contributed by atoms with Crippen LogP contribution in [0.4, 0.5) is 0 Å². The molecule has 0 amide bonds. The van der Waals surface area contributed by atoms with Gasteiger partial charge in [0.2, 0.25) is 0 Å². The van der Waals surface area contributed by atoms with E-state index >= 15 is 0 Å². The van der Waals surface area contributed by atoms with Crippen LogP contribution in [0.5, 0.6) is 0 Å². The number of benzene rings is 1. The average molecular weight is 306 g/mol. The van der Waals surface area contributed by atoms with Gasteiger partial charge in [-0.25, -0.2) is 9.78 Å². The van der Waals surface area contributed by atoms with Gasteiger partial charge in [0.15, 0.2) is 0 Å². The molecule has 1 aromatic carbocycles. The van der Waals surface area contributed by atoms with Gasteiger partial charge in [-0.05, 0) is 41.3 Å². The van der Waals surface area contributed by atoms with Crippen LogP contribution < -0.4 is 0 Å². The fourth-order valence-electron chi connectivity index (χ4n) is 2.54. The van der Waals surface area contributed by atoms with E-state index in [2.05, 4.69) is 30.7 Å². The van der Waals surface area contributed by atoms with Crippen molar-refractivity contribution in [2.45, 2.75) is 26.2 Å². The molecule has 4 nitrogen and oxygen atoms in total. The zero-order valence-electron chi connectivity index (χ0n) is 13.4. The highest BCUT2D eigenvalue weighted by Crippen LogP contribution is 2.29. The van der Waals surface area contributed by atoms with Crippen LogP contribution in [0.25, 0.3) is 22.2 Å². The van der Waals surface area contributed by atoms with Crippen LogP contribution in [0.1, 0.15) is 36.7 Å². The molecule has 2 heterocycles. The second-order valence-electron chi connectivity index (χ2n) is 6.58. The fraction of sp³-hybridized carbons (Fsp3) is 0.211. The van der Waals surface area contributed by atoms with Crippen molar-refractivity contribution in [2.24, 2.45) is 0 Å². The second-order valence-corrected chi connectivity index (χ2v) is 6.58. The van der Waals surface area contributed by atoms with Crippen LogP contribution >= 0.6 is 0 Å². The van der Waals surface area contributed by atoms with Crippen molar-refractivity contribution in [3.8, 4) is 11.3 Å². The van der Waals surface area contributed by atoms with Crippen molar-refractivity contribution in [2.75, 3.05) is 0 Å². The summed E-state index contributed by atoms with van der Waals surface area (Å²) in [7, 11) is 0. The van der Waals surface area contributed by atoms with Gasteiger partial charge in [0.05, 0.1) is 16.8 Å². The molecule has 0 unspecified atom stereocenters. The van der Waals surface area contributed by atoms with Gasteiger partial charge in [0.1, 0.15) is 0 Å². The Morgan fingerprint density at radius 1 is 1.04 bits per heavy atom. The quantitative estimate of drug-likeness (QED) is 0.767. The predicted octanol–water partition coefficient (Wildman–Crippen LogP) is 4.29.